The largest absolute Gasteiger partial charge is 0.393 e. The van der Waals surface area contributed by atoms with Crippen LogP contribution in [-0.4, -0.2) is 22.4 Å². The summed E-state index contributed by atoms with van der Waals surface area (Å²) >= 11 is 0. The molecule has 0 aromatic carbocycles. The van der Waals surface area contributed by atoms with E-state index < -0.39 is 0 Å². The first-order valence-electron chi connectivity index (χ1n) is 12.7. The Balaban J connectivity index is 1.54. The van der Waals surface area contributed by atoms with E-state index in [9.17, 15) is 10.2 Å². The maximum Gasteiger partial charge on any atom is 0.0585 e. The summed E-state index contributed by atoms with van der Waals surface area (Å²) in [4.78, 5) is 0. The van der Waals surface area contributed by atoms with Gasteiger partial charge < -0.3 is 10.2 Å². The lowest BCUT2D eigenvalue weighted by atomic mass is 9.46. The Kier molecular flexibility index (Phi) is 6.01. The molecule has 2 N–H and O–H groups in total. The standard InChI is InChI=1S/C27H46O2/c1-17(2)7-6-8-18(3)22-11-12-23-21-10-9-19-15-20(28)13-14-26(19,4)25(21)24(29)16-27(22,23)5/h9,17-18,20-25,28-29H,6-8,10-16H2,1-5H3. The number of aliphatic hydroxyl groups is 2. The van der Waals surface area contributed by atoms with Gasteiger partial charge in [0.1, 0.15) is 0 Å². The van der Waals surface area contributed by atoms with Crippen LogP contribution in [0.3, 0.4) is 0 Å². The molecule has 3 saturated carbocycles. The van der Waals surface area contributed by atoms with Crippen molar-refractivity contribution in [3.63, 3.8) is 0 Å². The molecule has 0 aromatic rings. The highest BCUT2D eigenvalue weighted by Gasteiger charge is 2.61. The summed E-state index contributed by atoms with van der Waals surface area (Å²) in [7, 11) is 0. The second-order valence-corrected chi connectivity index (χ2v) is 12.3. The van der Waals surface area contributed by atoms with E-state index in [-0.39, 0.29) is 17.6 Å². The van der Waals surface area contributed by atoms with Crippen LogP contribution < -0.4 is 0 Å². The minimum atomic E-state index is -0.173. The van der Waals surface area contributed by atoms with E-state index in [1.165, 1.54) is 37.7 Å². The summed E-state index contributed by atoms with van der Waals surface area (Å²) in [5, 5.41) is 21.8. The third-order valence-corrected chi connectivity index (χ3v) is 10.2. The summed E-state index contributed by atoms with van der Waals surface area (Å²) in [5.41, 5.74) is 1.88. The molecule has 0 aromatic heterocycles. The topological polar surface area (TPSA) is 40.5 Å². The molecule has 0 aliphatic heterocycles. The van der Waals surface area contributed by atoms with Gasteiger partial charge in [-0.3, -0.25) is 0 Å². The zero-order valence-corrected chi connectivity index (χ0v) is 19.7. The van der Waals surface area contributed by atoms with E-state index in [4.69, 9.17) is 0 Å². The summed E-state index contributed by atoms with van der Waals surface area (Å²) in [6.07, 6.45) is 13.9. The van der Waals surface area contributed by atoms with Crippen LogP contribution in [-0.2, 0) is 0 Å². The Morgan fingerprint density at radius 1 is 1.07 bits per heavy atom. The summed E-state index contributed by atoms with van der Waals surface area (Å²) < 4.78 is 0. The van der Waals surface area contributed by atoms with Gasteiger partial charge in [-0.2, -0.15) is 0 Å². The van der Waals surface area contributed by atoms with Gasteiger partial charge in [-0.05, 0) is 91.3 Å². The van der Waals surface area contributed by atoms with Crippen molar-refractivity contribution in [3.8, 4) is 0 Å². The molecule has 166 valence electrons. The predicted octanol–water partition coefficient (Wildman–Crippen LogP) is 6.36. The van der Waals surface area contributed by atoms with E-state index >= 15 is 0 Å². The van der Waals surface area contributed by atoms with Gasteiger partial charge in [0.25, 0.3) is 0 Å². The van der Waals surface area contributed by atoms with Crippen molar-refractivity contribution < 1.29 is 10.2 Å². The molecular weight excluding hydrogens is 356 g/mol. The molecular formula is C27H46O2. The van der Waals surface area contributed by atoms with Crippen LogP contribution in [0, 0.1) is 46.3 Å². The van der Waals surface area contributed by atoms with Crippen LogP contribution in [0.1, 0.15) is 98.8 Å². The van der Waals surface area contributed by atoms with Crippen LogP contribution in [0.5, 0.6) is 0 Å². The molecule has 4 aliphatic carbocycles. The van der Waals surface area contributed by atoms with Gasteiger partial charge in [-0.25, -0.2) is 0 Å². The smallest absolute Gasteiger partial charge is 0.0585 e. The molecule has 3 fully saturated rings. The van der Waals surface area contributed by atoms with Gasteiger partial charge in [0, 0.05) is 0 Å². The number of hydrogen-bond acceptors (Lipinski definition) is 2. The Labute approximate surface area is 179 Å². The van der Waals surface area contributed by atoms with Crippen molar-refractivity contribution in [1.29, 1.82) is 0 Å². The van der Waals surface area contributed by atoms with Gasteiger partial charge in [-0.15, -0.1) is 0 Å². The predicted molar refractivity (Wildman–Crippen MR) is 120 cm³/mol. The zero-order chi connectivity index (χ0) is 21.0. The molecule has 9 unspecified atom stereocenters. The van der Waals surface area contributed by atoms with Gasteiger partial charge in [-0.1, -0.05) is 65.5 Å². The van der Waals surface area contributed by atoms with Crippen LogP contribution in [0.25, 0.3) is 0 Å². The highest BCUT2D eigenvalue weighted by atomic mass is 16.3. The average Bonchev–Trinajstić information content (AvgIpc) is 2.98. The van der Waals surface area contributed by atoms with E-state index in [1.54, 1.807) is 0 Å². The SMILES string of the molecule is CC(C)CCCC(C)C1CCC2C3CC=C4CC(O)CCC4(C)C3C(O)CC12C. The maximum atomic E-state index is 11.5. The Bertz CT molecular complexity index is 624. The molecule has 4 rings (SSSR count). The fourth-order valence-corrected chi connectivity index (χ4v) is 8.80. The van der Waals surface area contributed by atoms with Gasteiger partial charge in [0.15, 0.2) is 0 Å². The third-order valence-electron chi connectivity index (χ3n) is 10.2. The number of rotatable bonds is 5. The van der Waals surface area contributed by atoms with Crippen molar-refractivity contribution in [2.45, 2.75) is 111 Å². The Morgan fingerprint density at radius 3 is 2.55 bits per heavy atom. The van der Waals surface area contributed by atoms with Crippen LogP contribution >= 0.6 is 0 Å². The van der Waals surface area contributed by atoms with Crippen molar-refractivity contribution in [1.82, 2.24) is 0 Å². The minimum Gasteiger partial charge on any atom is -0.393 e. The third kappa shape index (κ3) is 3.65. The van der Waals surface area contributed by atoms with E-state index in [0.29, 0.717) is 17.3 Å². The molecule has 0 heterocycles. The molecule has 2 heteroatoms. The lowest BCUT2D eigenvalue weighted by Gasteiger charge is -2.60. The normalized spacial score (nSPS) is 47.9. The van der Waals surface area contributed by atoms with Crippen molar-refractivity contribution >= 4 is 0 Å². The molecule has 2 nitrogen and oxygen atoms in total. The highest BCUT2D eigenvalue weighted by molar-refractivity contribution is 5.26. The molecule has 0 amide bonds. The highest BCUT2D eigenvalue weighted by Crippen LogP contribution is 2.67. The van der Waals surface area contributed by atoms with Gasteiger partial charge >= 0.3 is 0 Å². The molecule has 0 saturated heterocycles. The second kappa shape index (κ2) is 7.97. The van der Waals surface area contributed by atoms with E-state index in [0.717, 1.165) is 55.8 Å². The molecule has 0 bridgehead atoms. The van der Waals surface area contributed by atoms with Crippen LogP contribution in [0.2, 0.25) is 0 Å². The minimum absolute atomic E-state index is 0.115. The number of hydrogen-bond donors (Lipinski definition) is 2. The summed E-state index contributed by atoms with van der Waals surface area (Å²) in [6.45, 7) is 12.1. The lowest BCUT2D eigenvalue weighted by molar-refractivity contribution is -0.129. The van der Waals surface area contributed by atoms with Crippen LogP contribution in [0.4, 0.5) is 0 Å². The summed E-state index contributed by atoms with van der Waals surface area (Å²) in [5.74, 6) is 4.19. The average molecular weight is 403 g/mol. The quantitative estimate of drug-likeness (QED) is 0.525. The van der Waals surface area contributed by atoms with E-state index in [2.05, 4.69) is 40.7 Å². The van der Waals surface area contributed by atoms with Crippen molar-refractivity contribution in [2.24, 2.45) is 46.3 Å². The summed E-state index contributed by atoms with van der Waals surface area (Å²) in [6, 6.07) is 0. The first-order chi connectivity index (χ1) is 13.7. The Hall–Kier alpha value is -0.340. The fourth-order valence-electron chi connectivity index (χ4n) is 8.80. The molecule has 0 spiro atoms. The first kappa shape index (κ1) is 21.9. The Morgan fingerprint density at radius 2 is 1.83 bits per heavy atom. The first-order valence-corrected chi connectivity index (χ1v) is 12.7. The van der Waals surface area contributed by atoms with Gasteiger partial charge in [0.2, 0.25) is 0 Å². The lowest BCUT2D eigenvalue weighted by Crippen LogP contribution is -2.56. The van der Waals surface area contributed by atoms with Crippen LogP contribution in [0.15, 0.2) is 11.6 Å². The second-order valence-electron chi connectivity index (χ2n) is 12.3. The number of aliphatic hydroxyl groups excluding tert-OH is 2. The maximum absolute atomic E-state index is 11.5. The molecule has 29 heavy (non-hydrogen) atoms. The number of allylic oxidation sites excluding steroid dienone is 1. The van der Waals surface area contributed by atoms with Crippen molar-refractivity contribution in [2.75, 3.05) is 0 Å². The monoisotopic (exact) mass is 402 g/mol. The fraction of sp³-hybridized carbons (Fsp3) is 0.926. The number of fused-ring (bicyclic) bond motifs is 5. The van der Waals surface area contributed by atoms with Crippen molar-refractivity contribution in [3.05, 3.63) is 11.6 Å². The van der Waals surface area contributed by atoms with Gasteiger partial charge in [0.05, 0.1) is 12.2 Å². The van der Waals surface area contributed by atoms with E-state index in [1.807, 2.05) is 0 Å². The molecule has 4 aliphatic rings. The molecule has 0 radical (unpaired) electrons. The zero-order valence-electron chi connectivity index (χ0n) is 19.7. The molecule has 9 atom stereocenters.